The molecule has 5 unspecified atom stereocenters. The Kier molecular flexibility index (Phi) is 78.3. The van der Waals surface area contributed by atoms with Crippen LogP contribution < -0.4 is 69.3 Å². The summed E-state index contributed by atoms with van der Waals surface area (Å²) in [7, 11) is 0. The largest absolute Gasteiger partial charge is 1.00 e. The number of ether oxygens (including phenoxy) is 14. The van der Waals surface area contributed by atoms with Crippen molar-refractivity contribution in [2.75, 3.05) is 92.5 Å². The van der Waals surface area contributed by atoms with Crippen molar-refractivity contribution in [2.45, 2.75) is 308 Å². The number of carboxylic acids is 4. The Labute approximate surface area is 880 Å². The Morgan fingerprint density at radius 1 is 0.319 bits per heavy atom. The molecule has 0 amide bonds. The number of carbonyl (C=O) groups excluding carboxylic acids is 16. The van der Waals surface area contributed by atoms with Crippen LogP contribution in [-0.4, -0.2) is 210 Å². The van der Waals surface area contributed by atoms with E-state index in [-0.39, 0.29) is 206 Å². The maximum atomic E-state index is 12.0. The van der Waals surface area contributed by atoms with Crippen molar-refractivity contribution in [1.29, 1.82) is 0 Å². The average Bonchev–Trinajstić information content (AvgIpc) is 0.864. The fraction of sp³-hybridized carbons (Fsp3) is 0.689. The number of aromatic carboxylic acids is 1. The Morgan fingerprint density at radius 3 is 0.723 bits per heavy atom. The Bertz CT molecular complexity index is 3780. The molecular weight excluding hydrogens is 1860 g/mol. The molecule has 0 heterocycles. The second kappa shape index (κ2) is 76.3. The molecule has 0 aliphatic heterocycles. The van der Waals surface area contributed by atoms with E-state index in [0.29, 0.717) is 104 Å². The third kappa shape index (κ3) is 65.5. The number of esters is 14. The first-order valence-corrected chi connectivity index (χ1v) is 47.2. The van der Waals surface area contributed by atoms with Crippen LogP contribution in [0.1, 0.15) is 324 Å². The molecule has 2 N–H and O–H groups in total. The van der Waals surface area contributed by atoms with Crippen LogP contribution in [0.3, 0.4) is 0 Å². The molecule has 0 saturated heterocycles. The summed E-state index contributed by atoms with van der Waals surface area (Å²) in [6, 6.07) is 7.09. The van der Waals surface area contributed by atoms with Crippen molar-refractivity contribution in [1.82, 2.24) is 0 Å². The van der Waals surface area contributed by atoms with Crippen LogP contribution in [0.4, 0.5) is 0 Å². The van der Waals surface area contributed by atoms with E-state index in [2.05, 4.69) is 44.9 Å². The summed E-state index contributed by atoms with van der Waals surface area (Å²) in [5.74, 6) is -12.2. The third-order valence-corrected chi connectivity index (χ3v) is 23.0. The van der Waals surface area contributed by atoms with Gasteiger partial charge < -0.3 is 96.3 Å². The molecule has 0 bridgehead atoms. The van der Waals surface area contributed by atoms with Gasteiger partial charge in [-0.05, 0) is 232 Å². The number of hydrogen-bond donors (Lipinski definition) is 2. The maximum Gasteiger partial charge on any atom is 1.00 e. The summed E-state index contributed by atoms with van der Waals surface area (Å²) < 4.78 is 68.9. The van der Waals surface area contributed by atoms with Crippen LogP contribution in [0.2, 0.25) is 0 Å². The minimum absolute atomic E-state index is 0. The molecule has 3 rings (SSSR count). The van der Waals surface area contributed by atoms with Gasteiger partial charge in [-0.25, -0.2) is 24.0 Å². The van der Waals surface area contributed by atoms with E-state index in [1.54, 1.807) is 81.4 Å². The van der Waals surface area contributed by atoms with Gasteiger partial charge >= 0.3 is 155 Å². The summed E-state index contributed by atoms with van der Waals surface area (Å²) in [4.78, 5) is 203. The number of rotatable bonds is 49. The van der Waals surface area contributed by atoms with E-state index in [1.807, 2.05) is 116 Å². The summed E-state index contributed by atoms with van der Waals surface area (Å²) >= 11 is 0. The van der Waals surface area contributed by atoms with Gasteiger partial charge in [-0.1, -0.05) is 126 Å². The summed E-state index contributed by atoms with van der Waals surface area (Å²) in [6.45, 7) is 63.2. The maximum absolute atomic E-state index is 12.0. The van der Waals surface area contributed by atoms with Crippen molar-refractivity contribution < 1.29 is 232 Å². The monoisotopic (exact) mass is 2020 g/mol. The fourth-order valence-electron chi connectivity index (χ4n) is 9.87. The van der Waals surface area contributed by atoms with Crippen molar-refractivity contribution in [3.8, 4) is 0 Å². The number of carbonyl (C=O) groups is 18. The van der Waals surface area contributed by atoms with Crippen LogP contribution >= 0.6 is 0 Å². The first-order chi connectivity index (χ1) is 64.3. The van der Waals surface area contributed by atoms with Crippen LogP contribution in [0, 0.1) is 61.6 Å². The molecule has 0 spiro atoms. The second-order valence-corrected chi connectivity index (χ2v) is 37.6. The molecule has 2 aliphatic carbocycles. The zero-order valence-electron chi connectivity index (χ0n) is 89.9. The molecule has 0 aromatic heterocycles. The average molecular weight is 2020 g/mol. The van der Waals surface area contributed by atoms with Gasteiger partial charge in [0.25, 0.3) is 0 Å². The smallest absolute Gasteiger partial charge is 0.550 e. The minimum atomic E-state index is -1.30. The molecular formula is C103H164Na2O36. The molecule has 2 fully saturated rings. The molecule has 5 atom stereocenters. The van der Waals surface area contributed by atoms with E-state index in [9.17, 15) is 96.5 Å². The van der Waals surface area contributed by atoms with Gasteiger partial charge in [0.15, 0.2) is 0 Å². The third-order valence-electron chi connectivity index (χ3n) is 23.0. The number of carboxylic acid groups (broad SMARTS) is 4. The summed E-state index contributed by atoms with van der Waals surface area (Å²) in [5, 5.41) is 38.9. The van der Waals surface area contributed by atoms with Gasteiger partial charge in [-0.2, -0.15) is 0 Å². The summed E-state index contributed by atoms with van der Waals surface area (Å²) in [6.07, 6.45) is 10.5. The van der Waals surface area contributed by atoms with Crippen molar-refractivity contribution in [3.63, 3.8) is 0 Å². The van der Waals surface area contributed by atoms with Crippen LogP contribution in [0.25, 0.3) is 0 Å². The van der Waals surface area contributed by atoms with Crippen molar-refractivity contribution in [3.05, 3.63) is 84.0 Å². The predicted molar refractivity (Wildman–Crippen MR) is 511 cm³/mol. The minimum Gasteiger partial charge on any atom is -0.550 e. The van der Waals surface area contributed by atoms with Gasteiger partial charge in [-0.3, -0.25) is 52.7 Å². The van der Waals surface area contributed by atoms with Gasteiger partial charge in [-0.15, -0.1) is 0 Å². The molecule has 794 valence electrons. The Balaban J connectivity index is -0.000000292. The summed E-state index contributed by atoms with van der Waals surface area (Å²) in [5.41, 5.74) is -0.734. The van der Waals surface area contributed by atoms with E-state index in [4.69, 9.17) is 71.8 Å². The topological polar surface area (TPSA) is 523 Å². The molecule has 1 aromatic rings. The molecule has 36 nitrogen and oxygen atoms in total. The first-order valence-electron chi connectivity index (χ1n) is 47.2. The van der Waals surface area contributed by atoms with Crippen LogP contribution in [0.5, 0.6) is 0 Å². The van der Waals surface area contributed by atoms with Gasteiger partial charge in [0.2, 0.25) is 0 Å². The van der Waals surface area contributed by atoms with Gasteiger partial charge in [0.05, 0.1) is 67.6 Å². The van der Waals surface area contributed by atoms with Crippen molar-refractivity contribution >= 4 is 107 Å². The zero-order valence-corrected chi connectivity index (χ0v) is 93.9. The molecule has 2 saturated carbocycles. The Morgan fingerprint density at radius 2 is 0.525 bits per heavy atom. The SMILES string of the molecule is C=C(C)C(=O)OCCOC(=O)C(C)(C)CC.C=C(C)C(=O)OCCOC(=O)C(C)(C)CC.C=C(C)C(=O)OCCOC(=O)C(C)(C)CC.C=C(C)C(=O)OCCOC(=O)C(C)(C)CC.CCC(C)(C)C(=O)OCCOC(=O)C1CCCCC1C(=O)O.CCC(C)(C)C(=O)OCCOC(=O)C1CCCCC1C(=O)[O-].CCC(C)(C)C(=O)OCCOC(=O)CCC(=O)[O-].CCC(C)c1ccc(C(=O)O)cc1.[Na+].[Na+]. The van der Waals surface area contributed by atoms with Crippen LogP contribution in [-0.2, 0) is 148 Å². The number of hydrogen-bond acceptors (Lipinski definition) is 34. The van der Waals surface area contributed by atoms with E-state index in [0.717, 1.165) is 32.1 Å². The second-order valence-electron chi connectivity index (χ2n) is 37.6. The molecule has 2 aliphatic rings. The number of benzene rings is 1. The molecule has 0 radical (unpaired) electrons. The van der Waals surface area contributed by atoms with Crippen LogP contribution in [0.15, 0.2) is 72.9 Å². The molecule has 38 heteroatoms. The first kappa shape index (κ1) is 145. The van der Waals surface area contributed by atoms with Crippen molar-refractivity contribution in [2.24, 2.45) is 61.6 Å². The zero-order chi connectivity index (χ0) is 109. The van der Waals surface area contributed by atoms with Gasteiger partial charge in [0, 0.05) is 40.1 Å². The number of aliphatic carboxylic acids is 3. The van der Waals surface area contributed by atoms with E-state index < -0.39 is 127 Å². The van der Waals surface area contributed by atoms with Gasteiger partial charge in [0.1, 0.15) is 92.5 Å². The predicted octanol–water partition coefficient (Wildman–Crippen LogP) is 8.75. The molecule has 1 aromatic carbocycles. The standard InChI is InChI=1S/2C16H26O6.C12H20O6.4C12H20O4.C11H14O2.2Na/c2*1-4-16(2,3)15(20)22-10-9-21-14(19)12-8-6-5-7-11(12)13(17)18;1-4-12(2,3)11(16)18-8-7-17-10(15)6-5-9(13)14;4*1-6-12(4,5)11(14)16-8-7-15-10(13)9(2)3;1-3-8(2)9-4-6-10(7-5-9)11(12)13;;/h2*11-12H,4-10H2,1-3H3,(H,17,18);4-8H2,1-3H3,(H,13,14);4*2,6-8H2,1,3-5H3;4-8H,3H2,1-2H3,(H,12,13);;/q;;;;;;;;2*+1/p-2. The Hall–Kier alpha value is -9.36. The fourth-order valence-corrected chi connectivity index (χ4v) is 9.87. The quantitative estimate of drug-likeness (QED) is 0.0202. The van der Waals surface area contributed by atoms with E-state index in [1.165, 1.54) is 5.56 Å². The normalized spacial score (nSPS) is 14.3. The molecule has 141 heavy (non-hydrogen) atoms. The van der Waals surface area contributed by atoms with E-state index >= 15 is 0 Å².